The van der Waals surface area contributed by atoms with Crippen molar-refractivity contribution in [3.05, 3.63) is 29.8 Å². The van der Waals surface area contributed by atoms with Crippen LogP contribution in [0.3, 0.4) is 0 Å². The van der Waals surface area contributed by atoms with Crippen molar-refractivity contribution in [2.75, 3.05) is 0 Å². The van der Waals surface area contributed by atoms with E-state index in [0.29, 0.717) is 5.56 Å². The van der Waals surface area contributed by atoms with Gasteiger partial charge in [-0.25, -0.2) is 8.57 Å². The molecule has 0 N–H and O–H groups in total. The first-order chi connectivity index (χ1) is 6.43. The summed E-state index contributed by atoms with van der Waals surface area (Å²) in [7, 11) is -3.97. The molecule has 0 aliphatic carbocycles. The molecule has 78 valence electrons. The van der Waals surface area contributed by atoms with Crippen LogP contribution in [0.15, 0.2) is 29.2 Å². The third kappa shape index (κ3) is 2.52. The fourth-order valence-electron chi connectivity index (χ4n) is 1.06. The molecule has 1 aromatic carbocycles. The van der Waals surface area contributed by atoms with Crippen molar-refractivity contribution in [1.82, 2.24) is 0 Å². The SMILES string of the molecule is Cc1ccccc1S(=O)(=O)OC(C)F. The number of alkyl halides is 1. The minimum Gasteiger partial charge on any atom is -0.230 e. The number of hydrogen-bond donors (Lipinski definition) is 0. The molecule has 1 aromatic rings. The molecule has 1 atom stereocenters. The first-order valence-electron chi connectivity index (χ1n) is 4.06. The summed E-state index contributed by atoms with van der Waals surface area (Å²) < 4.78 is 39.4. The lowest BCUT2D eigenvalue weighted by Gasteiger charge is -2.07. The van der Waals surface area contributed by atoms with Crippen LogP contribution in [0.25, 0.3) is 0 Å². The van der Waals surface area contributed by atoms with Crippen LogP contribution >= 0.6 is 0 Å². The van der Waals surface area contributed by atoms with E-state index in [1.54, 1.807) is 25.1 Å². The van der Waals surface area contributed by atoms with E-state index in [4.69, 9.17) is 0 Å². The molecule has 0 heterocycles. The predicted molar refractivity (Wildman–Crippen MR) is 50.0 cm³/mol. The van der Waals surface area contributed by atoms with Gasteiger partial charge < -0.3 is 0 Å². The van der Waals surface area contributed by atoms with Gasteiger partial charge in [0, 0.05) is 0 Å². The van der Waals surface area contributed by atoms with Crippen molar-refractivity contribution in [2.45, 2.75) is 25.1 Å². The summed E-state index contributed by atoms with van der Waals surface area (Å²) in [5.41, 5.74) is 0.535. The lowest BCUT2D eigenvalue weighted by Crippen LogP contribution is -2.12. The van der Waals surface area contributed by atoms with Gasteiger partial charge in [-0.15, -0.1) is 0 Å². The molecule has 0 fully saturated rings. The minimum absolute atomic E-state index is 0.00417. The molecule has 1 rings (SSSR count). The molecule has 0 amide bonds. The third-order valence-corrected chi connectivity index (χ3v) is 3.14. The maximum absolute atomic E-state index is 12.4. The van der Waals surface area contributed by atoms with Crippen LogP contribution < -0.4 is 0 Å². The first kappa shape index (κ1) is 11.1. The molecule has 0 bridgehead atoms. The Balaban J connectivity index is 3.11. The molecule has 0 saturated carbocycles. The quantitative estimate of drug-likeness (QED) is 0.729. The van der Waals surface area contributed by atoms with Crippen molar-refractivity contribution in [2.24, 2.45) is 0 Å². The van der Waals surface area contributed by atoms with Crippen LogP contribution in [0.2, 0.25) is 0 Å². The number of benzene rings is 1. The molecule has 1 unspecified atom stereocenters. The minimum atomic E-state index is -3.97. The monoisotopic (exact) mass is 218 g/mol. The lowest BCUT2D eigenvalue weighted by molar-refractivity contribution is 0.0933. The fraction of sp³-hybridized carbons (Fsp3) is 0.333. The zero-order chi connectivity index (χ0) is 10.8. The van der Waals surface area contributed by atoms with E-state index in [9.17, 15) is 12.8 Å². The molecule has 0 aliphatic heterocycles. The van der Waals surface area contributed by atoms with E-state index in [1.807, 2.05) is 0 Å². The highest BCUT2D eigenvalue weighted by Crippen LogP contribution is 2.18. The normalized spacial score (nSPS) is 13.9. The highest BCUT2D eigenvalue weighted by Gasteiger charge is 2.20. The van der Waals surface area contributed by atoms with Crippen LogP contribution in [0.4, 0.5) is 4.39 Å². The van der Waals surface area contributed by atoms with E-state index < -0.39 is 16.5 Å². The third-order valence-electron chi connectivity index (χ3n) is 1.62. The molecule has 0 saturated heterocycles. The van der Waals surface area contributed by atoms with Gasteiger partial charge in [0.25, 0.3) is 10.1 Å². The first-order valence-corrected chi connectivity index (χ1v) is 5.47. The van der Waals surface area contributed by atoms with Gasteiger partial charge in [0.2, 0.25) is 6.36 Å². The largest absolute Gasteiger partial charge is 0.299 e. The van der Waals surface area contributed by atoms with Crippen molar-refractivity contribution < 1.29 is 17.0 Å². The topological polar surface area (TPSA) is 43.4 Å². The van der Waals surface area contributed by atoms with Crippen LogP contribution in [0, 0.1) is 6.92 Å². The van der Waals surface area contributed by atoms with E-state index in [0.717, 1.165) is 6.92 Å². The zero-order valence-electron chi connectivity index (χ0n) is 7.90. The molecule has 5 heteroatoms. The van der Waals surface area contributed by atoms with Crippen molar-refractivity contribution >= 4 is 10.1 Å². The lowest BCUT2D eigenvalue weighted by atomic mass is 10.2. The Kier molecular flexibility index (Phi) is 3.23. The van der Waals surface area contributed by atoms with Gasteiger partial charge in [0.15, 0.2) is 0 Å². The van der Waals surface area contributed by atoms with Gasteiger partial charge in [-0.05, 0) is 25.5 Å². The smallest absolute Gasteiger partial charge is 0.230 e. The summed E-state index contributed by atoms with van der Waals surface area (Å²) in [6.45, 7) is 2.65. The summed E-state index contributed by atoms with van der Waals surface area (Å²) in [6.07, 6.45) is -1.83. The Bertz CT molecular complexity index is 412. The summed E-state index contributed by atoms with van der Waals surface area (Å²) >= 11 is 0. The maximum atomic E-state index is 12.4. The van der Waals surface area contributed by atoms with Gasteiger partial charge >= 0.3 is 0 Å². The molecule has 0 aliphatic rings. The van der Waals surface area contributed by atoms with Crippen molar-refractivity contribution in [1.29, 1.82) is 0 Å². The van der Waals surface area contributed by atoms with Gasteiger partial charge in [0.05, 0.1) is 4.90 Å². The number of halogens is 1. The Morgan fingerprint density at radius 3 is 2.43 bits per heavy atom. The van der Waals surface area contributed by atoms with Gasteiger partial charge in [-0.3, -0.25) is 0 Å². The van der Waals surface area contributed by atoms with E-state index in [-0.39, 0.29) is 4.90 Å². The van der Waals surface area contributed by atoms with Crippen LogP contribution in [-0.4, -0.2) is 14.8 Å². The average molecular weight is 218 g/mol. The summed E-state index contributed by atoms with van der Waals surface area (Å²) in [6, 6.07) is 6.27. The van der Waals surface area contributed by atoms with Crippen LogP contribution in [0.5, 0.6) is 0 Å². The second kappa shape index (κ2) is 4.06. The van der Waals surface area contributed by atoms with Gasteiger partial charge in [-0.2, -0.15) is 8.42 Å². The average Bonchev–Trinajstić information content (AvgIpc) is 2.02. The number of rotatable bonds is 3. The standard InChI is InChI=1S/C9H11FO3S/c1-7-5-3-4-6-9(7)14(11,12)13-8(2)10/h3-6,8H,1-2H3. The number of aryl methyl sites for hydroxylation is 1. The second-order valence-electron chi connectivity index (χ2n) is 2.86. The predicted octanol–water partition coefficient (Wildman–Crippen LogP) is 2.02. The van der Waals surface area contributed by atoms with Crippen LogP contribution in [0.1, 0.15) is 12.5 Å². The van der Waals surface area contributed by atoms with Gasteiger partial charge in [-0.1, -0.05) is 18.2 Å². The maximum Gasteiger partial charge on any atom is 0.299 e. The van der Waals surface area contributed by atoms with E-state index in [1.165, 1.54) is 6.07 Å². The van der Waals surface area contributed by atoms with Crippen molar-refractivity contribution in [3.63, 3.8) is 0 Å². The summed E-state index contributed by atoms with van der Waals surface area (Å²) in [5, 5.41) is 0. The Hall–Kier alpha value is -0.940. The molecular weight excluding hydrogens is 207 g/mol. The Labute approximate surface area is 82.6 Å². The summed E-state index contributed by atoms with van der Waals surface area (Å²) in [4.78, 5) is 0.00417. The Morgan fingerprint density at radius 2 is 1.93 bits per heavy atom. The zero-order valence-corrected chi connectivity index (χ0v) is 8.71. The Morgan fingerprint density at radius 1 is 1.36 bits per heavy atom. The summed E-state index contributed by atoms with van der Waals surface area (Å²) in [5.74, 6) is 0. The second-order valence-corrected chi connectivity index (χ2v) is 4.40. The molecule has 3 nitrogen and oxygen atoms in total. The van der Waals surface area contributed by atoms with Crippen LogP contribution in [-0.2, 0) is 14.3 Å². The molecule has 0 aromatic heterocycles. The fourth-order valence-corrected chi connectivity index (χ4v) is 2.22. The molecule has 0 radical (unpaired) electrons. The number of hydrogen-bond acceptors (Lipinski definition) is 3. The highest BCUT2D eigenvalue weighted by atomic mass is 32.2. The molecule has 0 spiro atoms. The molecular formula is C9H11FO3S. The molecule has 14 heavy (non-hydrogen) atoms. The van der Waals surface area contributed by atoms with E-state index >= 15 is 0 Å². The van der Waals surface area contributed by atoms with Gasteiger partial charge in [0.1, 0.15) is 0 Å². The highest BCUT2D eigenvalue weighted by molar-refractivity contribution is 7.86. The van der Waals surface area contributed by atoms with E-state index in [2.05, 4.69) is 4.18 Å². The van der Waals surface area contributed by atoms with Crippen molar-refractivity contribution in [3.8, 4) is 0 Å².